The molecule has 0 fully saturated rings. The Labute approximate surface area is 160 Å². The lowest BCUT2D eigenvalue weighted by atomic mass is 10.0. The van der Waals surface area contributed by atoms with Crippen LogP contribution in [0.1, 0.15) is 41.9 Å². The second-order valence-corrected chi connectivity index (χ2v) is 5.97. The van der Waals surface area contributed by atoms with Crippen molar-refractivity contribution in [1.82, 2.24) is 4.57 Å². The Morgan fingerprint density at radius 3 is 1.96 bits per heavy atom. The summed E-state index contributed by atoms with van der Waals surface area (Å²) in [4.78, 5) is 0. The van der Waals surface area contributed by atoms with Crippen molar-refractivity contribution in [2.75, 3.05) is 0 Å². The molecule has 27 heavy (non-hydrogen) atoms. The summed E-state index contributed by atoms with van der Waals surface area (Å²) in [5.74, 6) is 0.237. The predicted octanol–water partition coefficient (Wildman–Crippen LogP) is 5.30. The van der Waals surface area contributed by atoms with E-state index < -0.39 is 0 Å². The Kier molecular flexibility index (Phi) is 6.41. The minimum absolute atomic E-state index is 0.237. The fourth-order valence-electron chi connectivity index (χ4n) is 3.11. The molecule has 2 aromatic carbocycles. The van der Waals surface area contributed by atoms with Crippen molar-refractivity contribution < 1.29 is 5.11 Å². The van der Waals surface area contributed by atoms with Crippen LogP contribution in [0.5, 0.6) is 5.75 Å². The number of aromatic nitrogens is 1. The zero-order valence-corrected chi connectivity index (χ0v) is 16.1. The Balaban J connectivity index is 0.00000126. The van der Waals surface area contributed by atoms with Crippen LogP contribution in [0.2, 0.25) is 0 Å². The first-order valence-electron chi connectivity index (χ1n) is 8.93. The van der Waals surface area contributed by atoms with Crippen molar-refractivity contribution in [3.63, 3.8) is 0 Å². The SMILES string of the molecule is CC.Cc1c(C#N)c(-c2ccc(C#N)cc2)c(C)n1Cc1ccc(O)cc1. The van der Waals surface area contributed by atoms with Crippen LogP contribution >= 0.6 is 0 Å². The van der Waals surface area contributed by atoms with E-state index in [-0.39, 0.29) is 5.75 Å². The maximum absolute atomic E-state index is 9.65. The van der Waals surface area contributed by atoms with Crippen molar-refractivity contribution in [1.29, 1.82) is 10.5 Å². The van der Waals surface area contributed by atoms with Gasteiger partial charge in [-0.1, -0.05) is 38.1 Å². The van der Waals surface area contributed by atoms with Crippen molar-refractivity contribution in [3.05, 3.63) is 76.6 Å². The largest absolute Gasteiger partial charge is 0.508 e. The van der Waals surface area contributed by atoms with Gasteiger partial charge in [-0.25, -0.2) is 0 Å². The first-order valence-corrected chi connectivity index (χ1v) is 8.93. The molecular formula is C23H23N3O. The van der Waals surface area contributed by atoms with Crippen LogP contribution in [0, 0.1) is 36.5 Å². The topological polar surface area (TPSA) is 72.7 Å². The van der Waals surface area contributed by atoms with Crippen molar-refractivity contribution >= 4 is 0 Å². The summed E-state index contributed by atoms with van der Waals surface area (Å²) >= 11 is 0. The second-order valence-electron chi connectivity index (χ2n) is 5.97. The second kappa shape index (κ2) is 8.74. The van der Waals surface area contributed by atoms with Gasteiger partial charge in [0.2, 0.25) is 0 Å². The van der Waals surface area contributed by atoms with E-state index in [2.05, 4.69) is 16.7 Å². The van der Waals surface area contributed by atoms with Crippen molar-refractivity contribution in [2.24, 2.45) is 0 Å². The number of hydrogen-bond donors (Lipinski definition) is 1. The fraction of sp³-hybridized carbons (Fsp3) is 0.217. The summed E-state index contributed by atoms with van der Waals surface area (Å²) in [5.41, 5.74) is 6.05. The fourth-order valence-corrected chi connectivity index (χ4v) is 3.11. The Morgan fingerprint density at radius 2 is 1.44 bits per heavy atom. The summed E-state index contributed by atoms with van der Waals surface area (Å²) in [6.07, 6.45) is 0. The number of benzene rings is 2. The average molecular weight is 357 g/mol. The van der Waals surface area contributed by atoms with Gasteiger partial charge in [-0.3, -0.25) is 0 Å². The van der Waals surface area contributed by atoms with Gasteiger partial charge in [-0.05, 0) is 49.2 Å². The molecule has 0 radical (unpaired) electrons. The van der Waals surface area contributed by atoms with Crippen molar-refractivity contribution in [2.45, 2.75) is 34.2 Å². The smallest absolute Gasteiger partial charge is 0.115 e. The standard InChI is InChI=1S/C21H17N3O.C2H6/c1-14-20(12-23)21(18-7-3-16(11-22)4-8-18)15(2)24(14)13-17-5-9-19(25)10-6-17;1-2/h3-10,25H,13H2,1-2H3;1-2H3. The lowest BCUT2D eigenvalue weighted by Gasteiger charge is -2.10. The van der Waals surface area contributed by atoms with Gasteiger partial charge in [-0.15, -0.1) is 0 Å². The molecule has 0 bridgehead atoms. The third-order valence-electron chi connectivity index (χ3n) is 4.47. The minimum Gasteiger partial charge on any atom is -0.508 e. The average Bonchev–Trinajstić information content (AvgIpc) is 2.95. The minimum atomic E-state index is 0.237. The molecule has 3 rings (SSSR count). The lowest BCUT2D eigenvalue weighted by molar-refractivity contribution is 0.475. The molecule has 136 valence electrons. The van der Waals surface area contributed by atoms with E-state index >= 15 is 0 Å². The quantitative estimate of drug-likeness (QED) is 0.691. The Hall–Kier alpha value is -3.50. The third-order valence-corrected chi connectivity index (χ3v) is 4.47. The summed E-state index contributed by atoms with van der Waals surface area (Å²) in [5, 5.41) is 28.1. The number of hydrogen-bond acceptors (Lipinski definition) is 3. The van der Waals surface area contributed by atoms with Gasteiger partial charge in [-0.2, -0.15) is 10.5 Å². The first kappa shape index (κ1) is 19.8. The van der Waals surface area contributed by atoms with Crippen LogP contribution in [-0.2, 0) is 6.54 Å². The van der Waals surface area contributed by atoms with Crippen LogP contribution < -0.4 is 0 Å². The molecule has 0 amide bonds. The van der Waals surface area contributed by atoms with Crippen LogP contribution in [-0.4, -0.2) is 9.67 Å². The Morgan fingerprint density at radius 1 is 0.852 bits per heavy atom. The molecule has 1 aromatic heterocycles. The van der Waals surface area contributed by atoms with Gasteiger partial charge >= 0.3 is 0 Å². The van der Waals surface area contributed by atoms with Crippen LogP contribution in [0.25, 0.3) is 11.1 Å². The monoisotopic (exact) mass is 357 g/mol. The first-order chi connectivity index (χ1) is 13.0. The molecule has 0 aliphatic heterocycles. The normalized spacial score (nSPS) is 9.70. The zero-order chi connectivity index (χ0) is 20.0. The van der Waals surface area contributed by atoms with E-state index in [1.165, 1.54) is 0 Å². The van der Waals surface area contributed by atoms with Crippen LogP contribution in [0.3, 0.4) is 0 Å². The van der Waals surface area contributed by atoms with Crippen LogP contribution in [0.15, 0.2) is 48.5 Å². The molecule has 0 aliphatic rings. The summed E-state index contributed by atoms with van der Waals surface area (Å²) in [6.45, 7) is 8.57. The number of nitrogens with zero attached hydrogens (tertiary/aromatic N) is 3. The number of rotatable bonds is 3. The molecule has 1 N–H and O–H groups in total. The highest BCUT2D eigenvalue weighted by molar-refractivity contribution is 5.75. The van der Waals surface area contributed by atoms with Gasteiger partial charge in [0.1, 0.15) is 11.8 Å². The van der Waals surface area contributed by atoms with E-state index in [1.807, 2.05) is 52.0 Å². The highest BCUT2D eigenvalue weighted by Crippen LogP contribution is 2.32. The molecular weight excluding hydrogens is 334 g/mol. The van der Waals surface area contributed by atoms with Gasteiger partial charge in [0.05, 0.1) is 17.2 Å². The molecule has 0 atom stereocenters. The molecule has 0 spiro atoms. The number of phenols is 1. The van der Waals surface area contributed by atoms with E-state index in [1.54, 1.807) is 24.3 Å². The summed E-state index contributed by atoms with van der Waals surface area (Å²) < 4.78 is 2.11. The van der Waals surface area contributed by atoms with Gasteiger partial charge < -0.3 is 9.67 Å². The van der Waals surface area contributed by atoms with Gasteiger partial charge in [0, 0.05) is 23.5 Å². The summed E-state index contributed by atoms with van der Waals surface area (Å²) in [7, 11) is 0. The van der Waals surface area contributed by atoms with Gasteiger partial charge in [0.15, 0.2) is 0 Å². The Bertz CT molecular complexity index is 998. The predicted molar refractivity (Wildman–Crippen MR) is 107 cm³/mol. The molecule has 0 aliphatic carbocycles. The maximum Gasteiger partial charge on any atom is 0.115 e. The molecule has 3 aromatic rings. The van der Waals surface area contributed by atoms with E-state index in [0.29, 0.717) is 17.7 Å². The summed E-state index contributed by atoms with van der Waals surface area (Å²) in [6, 6.07) is 18.8. The number of nitriles is 2. The molecule has 0 unspecified atom stereocenters. The molecule has 0 saturated carbocycles. The third kappa shape index (κ3) is 4.02. The van der Waals surface area contributed by atoms with Gasteiger partial charge in [0.25, 0.3) is 0 Å². The number of phenolic OH excluding ortho intramolecular Hbond substituents is 1. The lowest BCUT2D eigenvalue weighted by Crippen LogP contribution is -2.04. The molecule has 4 nitrogen and oxygen atoms in total. The van der Waals surface area contributed by atoms with E-state index in [9.17, 15) is 10.4 Å². The zero-order valence-electron chi connectivity index (χ0n) is 16.1. The van der Waals surface area contributed by atoms with Crippen molar-refractivity contribution in [3.8, 4) is 29.0 Å². The highest BCUT2D eigenvalue weighted by Gasteiger charge is 2.19. The highest BCUT2D eigenvalue weighted by atomic mass is 16.3. The van der Waals surface area contributed by atoms with E-state index in [4.69, 9.17) is 5.26 Å². The van der Waals surface area contributed by atoms with Crippen LogP contribution in [0.4, 0.5) is 0 Å². The molecule has 1 heterocycles. The number of aromatic hydroxyl groups is 1. The maximum atomic E-state index is 9.65. The molecule has 4 heteroatoms. The van der Waals surface area contributed by atoms with E-state index in [0.717, 1.165) is 28.1 Å². The molecule has 0 saturated heterocycles.